The van der Waals surface area contributed by atoms with Crippen LogP contribution in [0.4, 0.5) is 0 Å². The van der Waals surface area contributed by atoms with E-state index >= 15 is 0 Å². The Kier molecular flexibility index (Phi) is 5.68. The lowest BCUT2D eigenvalue weighted by Gasteiger charge is -2.13. The molecule has 0 spiro atoms. The van der Waals surface area contributed by atoms with E-state index in [4.69, 9.17) is 10.5 Å². The molecule has 0 unspecified atom stereocenters. The third-order valence-corrected chi connectivity index (χ3v) is 5.09. The van der Waals surface area contributed by atoms with E-state index < -0.39 is 24.5 Å². The molecule has 8 heteroatoms. The minimum Gasteiger partial charge on any atom is -0.487 e. The molecule has 0 saturated heterocycles. The Balaban J connectivity index is 1.86. The lowest BCUT2D eigenvalue weighted by Crippen LogP contribution is -2.46. The highest BCUT2D eigenvalue weighted by atomic mass is 32.1. The maximum atomic E-state index is 12.6. The SMILES string of the molecule is Cc1sc2ccc(OCc3ccccn3)cc2c1C(=O)N[C@@H](CO)C(N)=O. The van der Waals surface area contributed by atoms with Gasteiger partial charge < -0.3 is 20.9 Å². The van der Waals surface area contributed by atoms with Crippen molar-refractivity contribution in [2.24, 2.45) is 5.73 Å². The lowest BCUT2D eigenvalue weighted by atomic mass is 10.1. The number of hydrogen-bond donors (Lipinski definition) is 3. The van der Waals surface area contributed by atoms with Crippen molar-refractivity contribution in [3.05, 3.63) is 58.7 Å². The maximum absolute atomic E-state index is 12.6. The second-order valence-corrected chi connectivity index (χ2v) is 7.17. The number of carbonyl (C=O) groups is 2. The second kappa shape index (κ2) is 8.15. The first-order valence-corrected chi connectivity index (χ1v) is 9.08. The van der Waals surface area contributed by atoms with Crippen LogP contribution in [0.15, 0.2) is 42.6 Å². The Hall–Kier alpha value is -2.97. The molecule has 0 bridgehead atoms. The standard InChI is InChI=1S/C19H19N3O4S/c1-11-17(19(25)22-15(9-23)18(20)24)14-8-13(5-6-16(14)27-11)26-10-12-4-2-3-7-21-12/h2-8,15,23H,9-10H2,1H3,(H2,20,24)(H,22,25)/t15-/m0/s1. The van der Waals surface area contributed by atoms with Gasteiger partial charge in [-0.25, -0.2) is 0 Å². The number of carbonyl (C=O) groups excluding carboxylic acids is 2. The summed E-state index contributed by atoms with van der Waals surface area (Å²) in [5.74, 6) is -0.644. The van der Waals surface area contributed by atoms with Gasteiger partial charge in [0.05, 0.1) is 17.9 Å². The highest BCUT2D eigenvalue weighted by Gasteiger charge is 2.22. The highest BCUT2D eigenvalue weighted by molar-refractivity contribution is 7.19. The average Bonchev–Trinajstić information content (AvgIpc) is 3.00. The van der Waals surface area contributed by atoms with Crippen LogP contribution < -0.4 is 15.8 Å². The number of aromatic nitrogens is 1. The molecule has 0 radical (unpaired) electrons. The monoisotopic (exact) mass is 385 g/mol. The van der Waals surface area contributed by atoms with E-state index in [9.17, 15) is 14.7 Å². The number of ether oxygens (including phenoxy) is 1. The van der Waals surface area contributed by atoms with E-state index in [1.54, 1.807) is 12.3 Å². The van der Waals surface area contributed by atoms with Gasteiger partial charge in [0, 0.05) is 21.2 Å². The van der Waals surface area contributed by atoms with Gasteiger partial charge in [0.2, 0.25) is 5.91 Å². The van der Waals surface area contributed by atoms with Crippen LogP contribution in [0.1, 0.15) is 20.9 Å². The molecule has 27 heavy (non-hydrogen) atoms. The van der Waals surface area contributed by atoms with Crippen LogP contribution in [0.25, 0.3) is 10.1 Å². The van der Waals surface area contributed by atoms with E-state index in [1.165, 1.54) is 11.3 Å². The van der Waals surface area contributed by atoms with Crippen molar-refractivity contribution in [3.8, 4) is 5.75 Å². The van der Waals surface area contributed by atoms with Crippen molar-refractivity contribution >= 4 is 33.2 Å². The summed E-state index contributed by atoms with van der Waals surface area (Å²) in [5, 5.41) is 12.4. The van der Waals surface area contributed by atoms with Gasteiger partial charge in [0.25, 0.3) is 5.91 Å². The summed E-state index contributed by atoms with van der Waals surface area (Å²) in [6.45, 7) is 1.58. The van der Waals surface area contributed by atoms with Crippen LogP contribution in [0.3, 0.4) is 0 Å². The Labute approximate surface area is 159 Å². The fourth-order valence-electron chi connectivity index (χ4n) is 2.65. The van der Waals surface area contributed by atoms with Crippen molar-refractivity contribution in [2.45, 2.75) is 19.6 Å². The molecule has 7 nitrogen and oxygen atoms in total. The number of aliphatic hydroxyl groups is 1. The largest absolute Gasteiger partial charge is 0.487 e. The molecule has 4 N–H and O–H groups in total. The Morgan fingerprint density at radius 3 is 2.81 bits per heavy atom. The summed E-state index contributed by atoms with van der Waals surface area (Å²) in [5.41, 5.74) is 6.42. The number of primary amides is 1. The van der Waals surface area contributed by atoms with Gasteiger partial charge in [0.1, 0.15) is 18.4 Å². The molecule has 0 aliphatic heterocycles. The number of pyridine rings is 1. The predicted molar refractivity (Wildman–Crippen MR) is 103 cm³/mol. The van der Waals surface area contributed by atoms with Gasteiger partial charge in [0.15, 0.2) is 0 Å². The molecule has 2 amide bonds. The van der Waals surface area contributed by atoms with E-state index in [-0.39, 0.29) is 0 Å². The highest BCUT2D eigenvalue weighted by Crippen LogP contribution is 2.33. The Morgan fingerprint density at radius 2 is 2.15 bits per heavy atom. The number of benzene rings is 1. The number of nitrogens with one attached hydrogen (secondary N) is 1. The van der Waals surface area contributed by atoms with Crippen molar-refractivity contribution in [1.29, 1.82) is 0 Å². The summed E-state index contributed by atoms with van der Waals surface area (Å²) in [7, 11) is 0. The quantitative estimate of drug-likeness (QED) is 0.573. The van der Waals surface area contributed by atoms with Gasteiger partial charge in [-0.3, -0.25) is 14.6 Å². The molecule has 0 aliphatic rings. The molecule has 0 saturated carbocycles. The third kappa shape index (κ3) is 4.24. The predicted octanol–water partition coefficient (Wildman–Crippen LogP) is 1.76. The third-order valence-electron chi connectivity index (χ3n) is 4.01. The zero-order valence-corrected chi connectivity index (χ0v) is 15.5. The van der Waals surface area contributed by atoms with E-state index in [0.717, 1.165) is 20.7 Å². The van der Waals surface area contributed by atoms with Crippen molar-refractivity contribution in [2.75, 3.05) is 6.61 Å². The first-order chi connectivity index (χ1) is 13.0. The van der Waals surface area contributed by atoms with Crippen molar-refractivity contribution in [1.82, 2.24) is 10.3 Å². The number of hydrogen-bond acceptors (Lipinski definition) is 6. The van der Waals surface area contributed by atoms with Crippen LogP contribution in [0.2, 0.25) is 0 Å². The number of thiophene rings is 1. The molecule has 1 atom stereocenters. The summed E-state index contributed by atoms with van der Waals surface area (Å²) in [6, 6.07) is 9.96. The summed E-state index contributed by atoms with van der Waals surface area (Å²) < 4.78 is 6.70. The number of aliphatic hydroxyl groups excluding tert-OH is 1. The maximum Gasteiger partial charge on any atom is 0.253 e. The lowest BCUT2D eigenvalue weighted by molar-refractivity contribution is -0.120. The zero-order chi connectivity index (χ0) is 19.4. The second-order valence-electron chi connectivity index (χ2n) is 5.91. The Morgan fingerprint density at radius 1 is 1.33 bits per heavy atom. The number of amides is 2. The van der Waals surface area contributed by atoms with Crippen molar-refractivity contribution < 1.29 is 19.4 Å². The molecule has 0 fully saturated rings. The molecule has 140 valence electrons. The zero-order valence-electron chi connectivity index (χ0n) is 14.6. The molecule has 2 heterocycles. The fraction of sp³-hybridized carbons (Fsp3) is 0.211. The normalized spacial score (nSPS) is 11.9. The number of nitrogens with two attached hydrogens (primary N) is 1. The first-order valence-electron chi connectivity index (χ1n) is 8.26. The van der Waals surface area contributed by atoms with Gasteiger partial charge >= 0.3 is 0 Å². The summed E-state index contributed by atoms with van der Waals surface area (Å²) in [4.78, 5) is 28.9. The van der Waals surface area contributed by atoms with Crippen LogP contribution in [0, 0.1) is 6.92 Å². The van der Waals surface area contributed by atoms with E-state index in [0.29, 0.717) is 17.9 Å². The van der Waals surface area contributed by atoms with Gasteiger partial charge in [-0.05, 0) is 37.3 Å². The molecule has 3 aromatic rings. The molecule has 3 rings (SSSR count). The van der Waals surface area contributed by atoms with Crippen LogP contribution >= 0.6 is 11.3 Å². The molecule has 0 aliphatic carbocycles. The first kappa shape index (κ1) is 18.8. The molecule has 1 aromatic carbocycles. The minimum atomic E-state index is -1.13. The molecular weight excluding hydrogens is 366 g/mol. The number of aryl methyl sites for hydroxylation is 1. The van der Waals surface area contributed by atoms with Crippen LogP contribution in [0.5, 0.6) is 5.75 Å². The summed E-state index contributed by atoms with van der Waals surface area (Å²) in [6.07, 6.45) is 1.70. The van der Waals surface area contributed by atoms with E-state index in [2.05, 4.69) is 10.3 Å². The van der Waals surface area contributed by atoms with Crippen LogP contribution in [-0.2, 0) is 11.4 Å². The van der Waals surface area contributed by atoms with Gasteiger partial charge in [-0.1, -0.05) is 6.07 Å². The smallest absolute Gasteiger partial charge is 0.253 e. The number of nitrogens with zero attached hydrogens (tertiary/aromatic N) is 1. The van der Waals surface area contributed by atoms with Gasteiger partial charge in [-0.2, -0.15) is 0 Å². The van der Waals surface area contributed by atoms with Gasteiger partial charge in [-0.15, -0.1) is 11.3 Å². The summed E-state index contributed by atoms with van der Waals surface area (Å²) >= 11 is 1.47. The Bertz CT molecular complexity index is 972. The molecule has 2 aromatic heterocycles. The fourth-order valence-corrected chi connectivity index (χ4v) is 3.69. The minimum absolute atomic E-state index is 0.311. The average molecular weight is 385 g/mol. The number of rotatable bonds is 7. The van der Waals surface area contributed by atoms with Crippen molar-refractivity contribution in [3.63, 3.8) is 0 Å². The molecular formula is C19H19N3O4S. The number of fused-ring (bicyclic) bond motifs is 1. The van der Waals surface area contributed by atoms with Crippen LogP contribution in [-0.4, -0.2) is 34.6 Å². The topological polar surface area (TPSA) is 115 Å². The van der Waals surface area contributed by atoms with E-state index in [1.807, 2.05) is 37.3 Å².